The van der Waals surface area contributed by atoms with Crippen LogP contribution in [0.3, 0.4) is 0 Å². The zero-order valence-corrected chi connectivity index (χ0v) is 23.0. The van der Waals surface area contributed by atoms with Crippen molar-refractivity contribution in [2.45, 2.75) is 13.0 Å². The van der Waals surface area contributed by atoms with Crippen LogP contribution in [0.15, 0.2) is 53.9 Å². The molecule has 2 N–H and O–H groups in total. The van der Waals surface area contributed by atoms with Gasteiger partial charge in [0, 0.05) is 61.2 Å². The number of likely N-dealkylation sites (N-methyl/N-ethyl adjacent to an activating group) is 1. The highest BCUT2D eigenvalue weighted by Gasteiger charge is 2.26. The molecule has 0 atom stereocenters. The minimum atomic E-state index is -0.202. The standard InChI is InChI=1S/C31H31N5O2S/c1-35-12-14-36(15-13-35)19-21-9-10-22-18-27-29(33-34-30(27)26(22)16-21)23-17-24(39-20-23)6-5-11-32-31(37)25-7-3-4-8-28(25)38-2/h3-4,7-10,16-17,20H,11-15,18-19H2,1-2H3,(H,32,37)(H,33,34). The van der Waals surface area contributed by atoms with E-state index in [1.807, 2.05) is 12.1 Å². The summed E-state index contributed by atoms with van der Waals surface area (Å²) in [6.07, 6.45) is 0.886. The summed E-state index contributed by atoms with van der Waals surface area (Å²) < 4.78 is 5.27. The maximum absolute atomic E-state index is 12.5. The van der Waals surface area contributed by atoms with E-state index in [1.165, 1.54) is 22.3 Å². The maximum atomic E-state index is 12.5. The molecule has 1 aliphatic carbocycles. The van der Waals surface area contributed by atoms with Gasteiger partial charge in [0.2, 0.25) is 0 Å². The molecule has 2 aromatic carbocycles. The zero-order valence-electron chi connectivity index (χ0n) is 22.2. The number of amides is 1. The van der Waals surface area contributed by atoms with Gasteiger partial charge in [-0.15, -0.1) is 11.3 Å². The number of thiophene rings is 1. The molecule has 2 aliphatic rings. The van der Waals surface area contributed by atoms with Crippen LogP contribution in [0.2, 0.25) is 0 Å². The van der Waals surface area contributed by atoms with Crippen molar-refractivity contribution < 1.29 is 9.53 Å². The van der Waals surface area contributed by atoms with Crippen molar-refractivity contribution in [3.63, 3.8) is 0 Å². The van der Waals surface area contributed by atoms with Crippen molar-refractivity contribution in [2.75, 3.05) is 46.9 Å². The average Bonchev–Trinajstić information content (AvgIpc) is 3.68. The second-order valence-electron chi connectivity index (χ2n) is 10.1. The molecule has 4 aromatic rings. The number of methoxy groups -OCH3 is 1. The summed E-state index contributed by atoms with van der Waals surface area (Å²) in [6, 6.07) is 16.1. The number of piperazine rings is 1. The SMILES string of the molecule is COc1ccccc1C(=O)NCC#Cc1cc(-c2n[nH]c3c2Cc2ccc(CN4CCN(C)CC4)cc2-3)cs1. The number of H-pyrrole nitrogens is 1. The smallest absolute Gasteiger partial charge is 0.255 e. The molecule has 1 amide bonds. The van der Waals surface area contributed by atoms with Crippen molar-refractivity contribution in [1.29, 1.82) is 0 Å². The summed E-state index contributed by atoms with van der Waals surface area (Å²) in [7, 11) is 3.75. The number of carbonyl (C=O) groups is 1. The highest BCUT2D eigenvalue weighted by molar-refractivity contribution is 7.11. The van der Waals surface area contributed by atoms with Gasteiger partial charge in [0.15, 0.2) is 0 Å². The highest BCUT2D eigenvalue weighted by atomic mass is 32.1. The molecule has 0 spiro atoms. The second kappa shape index (κ2) is 11.1. The van der Waals surface area contributed by atoms with Gasteiger partial charge < -0.3 is 15.0 Å². The minimum Gasteiger partial charge on any atom is -0.496 e. The first-order valence-electron chi connectivity index (χ1n) is 13.2. The summed E-state index contributed by atoms with van der Waals surface area (Å²) in [5.74, 6) is 6.58. The summed E-state index contributed by atoms with van der Waals surface area (Å²) >= 11 is 1.59. The van der Waals surface area contributed by atoms with Gasteiger partial charge >= 0.3 is 0 Å². The molecule has 39 heavy (non-hydrogen) atoms. The van der Waals surface area contributed by atoms with Crippen LogP contribution >= 0.6 is 11.3 Å². The molecule has 198 valence electrons. The van der Waals surface area contributed by atoms with E-state index in [0.717, 1.165) is 61.0 Å². The Hall–Kier alpha value is -3.90. The van der Waals surface area contributed by atoms with E-state index in [1.54, 1.807) is 30.6 Å². The van der Waals surface area contributed by atoms with Gasteiger partial charge in [0.25, 0.3) is 5.91 Å². The zero-order chi connectivity index (χ0) is 26.8. The fraction of sp³-hybridized carbons (Fsp3) is 0.290. The number of carbonyl (C=O) groups excluding carboxylic acids is 1. The largest absolute Gasteiger partial charge is 0.496 e. The number of fused-ring (bicyclic) bond motifs is 3. The van der Waals surface area contributed by atoms with Gasteiger partial charge in [0.1, 0.15) is 5.75 Å². The van der Waals surface area contributed by atoms with Crippen molar-refractivity contribution in [3.05, 3.63) is 81.0 Å². The van der Waals surface area contributed by atoms with Crippen LogP contribution in [0, 0.1) is 11.8 Å². The summed E-state index contributed by atoms with van der Waals surface area (Å²) in [5, 5.41) is 13.0. The topological polar surface area (TPSA) is 73.5 Å². The fourth-order valence-corrected chi connectivity index (χ4v) is 6.03. The molecule has 1 aliphatic heterocycles. The van der Waals surface area contributed by atoms with E-state index < -0.39 is 0 Å². The Kier molecular flexibility index (Phi) is 7.20. The number of hydrogen-bond donors (Lipinski definition) is 2. The van der Waals surface area contributed by atoms with Crippen LogP contribution in [-0.4, -0.2) is 72.8 Å². The number of nitrogens with one attached hydrogen (secondary N) is 2. The Morgan fingerprint density at radius 1 is 1.15 bits per heavy atom. The molecular weight excluding hydrogens is 506 g/mol. The van der Waals surface area contributed by atoms with Gasteiger partial charge in [-0.2, -0.15) is 5.10 Å². The number of benzene rings is 2. The van der Waals surface area contributed by atoms with E-state index in [-0.39, 0.29) is 12.5 Å². The van der Waals surface area contributed by atoms with Crippen LogP contribution in [0.25, 0.3) is 22.5 Å². The van der Waals surface area contributed by atoms with Crippen LogP contribution in [0.4, 0.5) is 0 Å². The highest BCUT2D eigenvalue weighted by Crippen LogP contribution is 2.41. The van der Waals surface area contributed by atoms with Gasteiger partial charge in [-0.05, 0) is 42.4 Å². The number of hydrogen-bond acceptors (Lipinski definition) is 6. The lowest BCUT2D eigenvalue weighted by atomic mass is 10.0. The molecule has 7 nitrogen and oxygen atoms in total. The predicted octanol–water partition coefficient (Wildman–Crippen LogP) is 4.25. The van der Waals surface area contributed by atoms with E-state index >= 15 is 0 Å². The van der Waals surface area contributed by atoms with Crippen LogP contribution in [0.1, 0.15) is 31.9 Å². The van der Waals surface area contributed by atoms with Gasteiger partial charge in [0.05, 0.1) is 35.5 Å². The first-order chi connectivity index (χ1) is 19.1. The quantitative estimate of drug-likeness (QED) is 0.317. The lowest BCUT2D eigenvalue weighted by Crippen LogP contribution is -2.43. The molecule has 1 fully saturated rings. The third-order valence-corrected chi connectivity index (χ3v) is 8.30. The molecule has 3 heterocycles. The van der Waals surface area contributed by atoms with Crippen LogP contribution in [0.5, 0.6) is 5.75 Å². The molecule has 0 unspecified atom stereocenters. The second-order valence-corrected chi connectivity index (χ2v) is 11.0. The molecule has 1 saturated heterocycles. The monoisotopic (exact) mass is 537 g/mol. The summed E-state index contributed by atoms with van der Waals surface area (Å²) in [6.45, 7) is 5.74. The first kappa shape index (κ1) is 25.4. The van der Waals surface area contributed by atoms with E-state index in [0.29, 0.717) is 11.3 Å². The van der Waals surface area contributed by atoms with Gasteiger partial charge in [-0.1, -0.05) is 36.1 Å². The molecule has 6 rings (SSSR count). The Labute approximate surface area is 232 Å². The number of rotatable bonds is 6. The molecule has 0 saturated carbocycles. The molecule has 8 heteroatoms. The van der Waals surface area contributed by atoms with Crippen molar-refractivity contribution in [2.24, 2.45) is 0 Å². The van der Waals surface area contributed by atoms with Gasteiger partial charge in [-0.3, -0.25) is 14.8 Å². The number of nitrogens with zero attached hydrogens (tertiary/aromatic N) is 3. The van der Waals surface area contributed by atoms with Crippen molar-refractivity contribution in [1.82, 2.24) is 25.3 Å². The molecule has 2 aromatic heterocycles. The Morgan fingerprint density at radius 2 is 2.00 bits per heavy atom. The van der Waals surface area contributed by atoms with E-state index in [2.05, 4.69) is 68.7 Å². The number of aromatic nitrogens is 2. The van der Waals surface area contributed by atoms with Crippen LogP contribution in [-0.2, 0) is 13.0 Å². The fourth-order valence-electron chi connectivity index (χ4n) is 5.27. The minimum absolute atomic E-state index is 0.202. The normalized spacial score (nSPS) is 14.8. The van der Waals surface area contributed by atoms with Crippen molar-refractivity contribution in [3.8, 4) is 40.1 Å². The maximum Gasteiger partial charge on any atom is 0.255 e. The summed E-state index contributed by atoms with van der Waals surface area (Å²) in [4.78, 5) is 18.3. The van der Waals surface area contributed by atoms with Gasteiger partial charge in [-0.25, -0.2) is 0 Å². The Bertz CT molecular complexity index is 1570. The molecule has 0 bridgehead atoms. The number of para-hydroxylation sites is 1. The summed E-state index contributed by atoms with van der Waals surface area (Å²) in [5.41, 5.74) is 8.94. The average molecular weight is 538 g/mol. The molecular formula is C31H31N5O2S. The number of aromatic amines is 1. The first-order valence-corrected chi connectivity index (χ1v) is 14.1. The van der Waals surface area contributed by atoms with Crippen LogP contribution < -0.4 is 10.1 Å². The lowest BCUT2D eigenvalue weighted by molar-refractivity contribution is 0.0955. The predicted molar refractivity (Wildman–Crippen MR) is 155 cm³/mol. The number of ether oxygens (including phenoxy) is 1. The Balaban J connectivity index is 1.11. The Morgan fingerprint density at radius 3 is 2.85 bits per heavy atom. The third kappa shape index (κ3) is 5.34. The molecule has 0 radical (unpaired) electrons. The third-order valence-electron chi connectivity index (χ3n) is 7.45. The van der Waals surface area contributed by atoms with E-state index in [4.69, 9.17) is 9.84 Å². The van der Waals surface area contributed by atoms with E-state index in [9.17, 15) is 4.79 Å². The lowest BCUT2D eigenvalue weighted by Gasteiger charge is -2.32. The van der Waals surface area contributed by atoms with Crippen molar-refractivity contribution >= 4 is 17.2 Å².